The van der Waals surface area contributed by atoms with E-state index in [0.29, 0.717) is 17.9 Å². The van der Waals surface area contributed by atoms with E-state index in [9.17, 15) is 18.0 Å². The molecule has 1 unspecified atom stereocenters. The monoisotopic (exact) mass is 351 g/mol. The van der Waals surface area contributed by atoms with Crippen molar-refractivity contribution in [1.82, 2.24) is 0 Å². The molecule has 3 nitrogen and oxygen atoms in total. The van der Waals surface area contributed by atoms with E-state index in [0.717, 1.165) is 23.3 Å². The van der Waals surface area contributed by atoms with Gasteiger partial charge in [0.2, 0.25) is 0 Å². The topological polar surface area (TPSA) is 38.3 Å². The standard InChI is InChI=1S/C19H20F3NO2/c1-4-16(25-17-10-5-12(2)11-13(17)3)18(24)23-15-8-6-14(7-9-15)19(20,21)22/h5-11,16H,4H2,1-3H3,(H,23,24). The second-order valence-electron chi connectivity index (χ2n) is 5.85. The predicted molar refractivity (Wildman–Crippen MR) is 90.7 cm³/mol. The molecule has 0 saturated carbocycles. The first kappa shape index (κ1) is 18.8. The van der Waals surface area contributed by atoms with Crippen molar-refractivity contribution in [2.24, 2.45) is 0 Å². The average molecular weight is 351 g/mol. The molecule has 0 spiro atoms. The Bertz CT molecular complexity index is 739. The summed E-state index contributed by atoms with van der Waals surface area (Å²) in [5.74, 6) is 0.210. The fourth-order valence-corrected chi connectivity index (χ4v) is 2.37. The minimum absolute atomic E-state index is 0.292. The molecule has 2 rings (SSSR count). The lowest BCUT2D eigenvalue weighted by molar-refractivity contribution is -0.137. The summed E-state index contributed by atoms with van der Waals surface area (Å²) in [5, 5.41) is 2.59. The van der Waals surface area contributed by atoms with Crippen LogP contribution in [0.3, 0.4) is 0 Å². The number of ether oxygens (including phenoxy) is 1. The van der Waals surface area contributed by atoms with Crippen molar-refractivity contribution in [2.75, 3.05) is 5.32 Å². The molecule has 0 aromatic heterocycles. The van der Waals surface area contributed by atoms with Gasteiger partial charge in [0.1, 0.15) is 5.75 Å². The Kier molecular flexibility index (Phi) is 5.72. The summed E-state index contributed by atoms with van der Waals surface area (Å²) >= 11 is 0. The Morgan fingerprint density at radius 3 is 2.28 bits per heavy atom. The molecule has 2 aromatic rings. The van der Waals surface area contributed by atoms with Gasteiger partial charge in [-0.1, -0.05) is 24.6 Å². The van der Waals surface area contributed by atoms with Crippen LogP contribution in [0.5, 0.6) is 5.75 Å². The Hall–Kier alpha value is -2.50. The van der Waals surface area contributed by atoms with Gasteiger partial charge in [0.25, 0.3) is 5.91 Å². The highest BCUT2D eigenvalue weighted by molar-refractivity contribution is 5.94. The van der Waals surface area contributed by atoms with Gasteiger partial charge in [-0.2, -0.15) is 13.2 Å². The third kappa shape index (κ3) is 4.98. The van der Waals surface area contributed by atoms with Crippen molar-refractivity contribution >= 4 is 11.6 Å². The number of rotatable bonds is 5. The fourth-order valence-electron chi connectivity index (χ4n) is 2.37. The third-order valence-electron chi connectivity index (χ3n) is 3.74. The van der Waals surface area contributed by atoms with E-state index in [1.165, 1.54) is 12.1 Å². The van der Waals surface area contributed by atoms with E-state index in [2.05, 4.69) is 5.32 Å². The number of benzene rings is 2. The van der Waals surface area contributed by atoms with E-state index in [1.54, 1.807) is 13.0 Å². The Balaban J connectivity index is 2.07. The molecule has 2 aromatic carbocycles. The van der Waals surface area contributed by atoms with Crippen LogP contribution < -0.4 is 10.1 Å². The van der Waals surface area contributed by atoms with Gasteiger partial charge in [-0.3, -0.25) is 4.79 Å². The predicted octanol–water partition coefficient (Wildman–Crippen LogP) is 5.12. The van der Waals surface area contributed by atoms with Crippen LogP contribution >= 0.6 is 0 Å². The SMILES string of the molecule is CCC(Oc1ccc(C)cc1C)C(=O)Nc1ccc(C(F)(F)F)cc1. The molecule has 1 N–H and O–H groups in total. The highest BCUT2D eigenvalue weighted by atomic mass is 19.4. The maximum atomic E-state index is 12.6. The normalized spacial score (nSPS) is 12.6. The molecule has 6 heteroatoms. The van der Waals surface area contributed by atoms with Crippen molar-refractivity contribution in [2.45, 2.75) is 39.5 Å². The summed E-state index contributed by atoms with van der Waals surface area (Å²) in [4.78, 5) is 12.3. The van der Waals surface area contributed by atoms with Crippen molar-refractivity contribution in [1.29, 1.82) is 0 Å². The molecule has 0 heterocycles. The zero-order valence-corrected chi connectivity index (χ0v) is 14.3. The minimum atomic E-state index is -4.40. The molecule has 134 valence electrons. The number of carbonyl (C=O) groups is 1. The van der Waals surface area contributed by atoms with E-state index in [1.807, 2.05) is 26.0 Å². The maximum Gasteiger partial charge on any atom is 0.416 e. The zero-order chi connectivity index (χ0) is 18.6. The first-order valence-corrected chi connectivity index (χ1v) is 7.92. The van der Waals surface area contributed by atoms with Crippen LogP contribution in [0.2, 0.25) is 0 Å². The molecule has 0 aliphatic carbocycles. The third-order valence-corrected chi connectivity index (χ3v) is 3.74. The van der Waals surface area contributed by atoms with Gasteiger partial charge >= 0.3 is 6.18 Å². The highest BCUT2D eigenvalue weighted by Crippen LogP contribution is 2.30. The number of nitrogens with one attached hydrogen (secondary N) is 1. The lowest BCUT2D eigenvalue weighted by Gasteiger charge is -2.19. The zero-order valence-electron chi connectivity index (χ0n) is 14.3. The largest absolute Gasteiger partial charge is 0.480 e. The molecule has 0 aliphatic heterocycles. The summed E-state index contributed by atoms with van der Waals surface area (Å²) in [5.41, 5.74) is 1.54. The lowest BCUT2D eigenvalue weighted by Crippen LogP contribution is -2.32. The van der Waals surface area contributed by atoms with Crippen molar-refractivity contribution < 1.29 is 22.7 Å². The van der Waals surface area contributed by atoms with Crippen LogP contribution in [0, 0.1) is 13.8 Å². The number of hydrogen-bond acceptors (Lipinski definition) is 2. The van der Waals surface area contributed by atoms with E-state index >= 15 is 0 Å². The Morgan fingerprint density at radius 1 is 1.12 bits per heavy atom. The maximum absolute atomic E-state index is 12.6. The smallest absolute Gasteiger partial charge is 0.416 e. The lowest BCUT2D eigenvalue weighted by atomic mass is 10.1. The number of anilines is 1. The van der Waals surface area contributed by atoms with Crippen molar-refractivity contribution in [3.05, 3.63) is 59.2 Å². The molecule has 1 atom stereocenters. The highest BCUT2D eigenvalue weighted by Gasteiger charge is 2.30. The number of carbonyl (C=O) groups excluding carboxylic acids is 1. The Labute approximate surface area is 144 Å². The van der Waals surface area contributed by atoms with Crippen molar-refractivity contribution in [3.8, 4) is 5.75 Å². The number of halogens is 3. The number of alkyl halides is 3. The van der Waals surface area contributed by atoms with Crippen LogP contribution in [-0.4, -0.2) is 12.0 Å². The van der Waals surface area contributed by atoms with Crippen molar-refractivity contribution in [3.63, 3.8) is 0 Å². The Morgan fingerprint density at radius 2 is 1.76 bits per heavy atom. The molecule has 25 heavy (non-hydrogen) atoms. The summed E-state index contributed by atoms with van der Waals surface area (Å²) in [7, 11) is 0. The van der Waals surface area contributed by atoms with E-state index in [4.69, 9.17) is 4.74 Å². The van der Waals surface area contributed by atoms with Gasteiger partial charge in [0.15, 0.2) is 6.10 Å². The molecule has 0 radical (unpaired) electrons. The summed E-state index contributed by atoms with van der Waals surface area (Å²) in [6.07, 6.45) is -4.70. The molecule has 0 fully saturated rings. The van der Waals surface area contributed by atoms with Gasteiger partial charge in [-0.25, -0.2) is 0 Å². The number of amides is 1. The van der Waals surface area contributed by atoms with Crippen LogP contribution in [0.25, 0.3) is 0 Å². The molecular weight excluding hydrogens is 331 g/mol. The quantitative estimate of drug-likeness (QED) is 0.812. The molecule has 0 bridgehead atoms. The minimum Gasteiger partial charge on any atom is -0.480 e. The van der Waals surface area contributed by atoms with Gasteiger partial charge in [0.05, 0.1) is 5.56 Å². The van der Waals surface area contributed by atoms with E-state index < -0.39 is 23.8 Å². The van der Waals surface area contributed by atoms with Crippen LogP contribution in [-0.2, 0) is 11.0 Å². The van der Waals surface area contributed by atoms with Crippen LogP contribution in [0.4, 0.5) is 18.9 Å². The van der Waals surface area contributed by atoms with Crippen LogP contribution in [0.15, 0.2) is 42.5 Å². The molecule has 0 saturated heterocycles. The van der Waals surface area contributed by atoms with Gasteiger partial charge in [0, 0.05) is 5.69 Å². The summed E-state index contributed by atoms with van der Waals surface area (Å²) < 4.78 is 43.5. The number of aryl methyl sites for hydroxylation is 2. The van der Waals surface area contributed by atoms with Gasteiger partial charge in [-0.05, 0) is 56.2 Å². The first-order valence-electron chi connectivity index (χ1n) is 7.92. The summed E-state index contributed by atoms with van der Waals surface area (Å²) in [6, 6.07) is 9.97. The second-order valence-corrected chi connectivity index (χ2v) is 5.85. The molecule has 1 amide bonds. The summed E-state index contributed by atoms with van der Waals surface area (Å²) in [6.45, 7) is 5.66. The van der Waals surface area contributed by atoms with E-state index in [-0.39, 0.29) is 0 Å². The number of hydrogen-bond donors (Lipinski definition) is 1. The fraction of sp³-hybridized carbons (Fsp3) is 0.316. The van der Waals surface area contributed by atoms with Crippen LogP contribution in [0.1, 0.15) is 30.0 Å². The second kappa shape index (κ2) is 7.59. The average Bonchev–Trinajstić information content (AvgIpc) is 2.53. The van der Waals surface area contributed by atoms with Gasteiger partial charge in [-0.15, -0.1) is 0 Å². The molecular formula is C19H20F3NO2. The van der Waals surface area contributed by atoms with Gasteiger partial charge < -0.3 is 10.1 Å². The first-order chi connectivity index (χ1) is 11.7. The molecule has 0 aliphatic rings.